The Morgan fingerprint density at radius 3 is 2.59 bits per heavy atom. The summed E-state index contributed by atoms with van der Waals surface area (Å²) in [6, 6.07) is 10.0. The van der Waals surface area contributed by atoms with Crippen molar-refractivity contribution >= 4 is 10.0 Å². The van der Waals surface area contributed by atoms with Crippen LogP contribution in [0.4, 0.5) is 0 Å². The Kier molecular flexibility index (Phi) is 6.44. The summed E-state index contributed by atoms with van der Waals surface area (Å²) in [6.45, 7) is 8.41. The smallest absolute Gasteiger partial charge is 0.240 e. The fourth-order valence-electron chi connectivity index (χ4n) is 3.19. The van der Waals surface area contributed by atoms with E-state index in [1.54, 1.807) is 35.2 Å². The van der Waals surface area contributed by atoms with Gasteiger partial charge in [0.05, 0.1) is 23.5 Å². The number of aromatic nitrogens is 2. The predicted octanol–water partition coefficient (Wildman–Crippen LogP) is 3.76. The molecule has 0 radical (unpaired) electrons. The maximum Gasteiger partial charge on any atom is 0.240 e. The molecule has 29 heavy (non-hydrogen) atoms. The van der Waals surface area contributed by atoms with Gasteiger partial charge in [0, 0.05) is 12.2 Å². The van der Waals surface area contributed by atoms with Crippen LogP contribution in [-0.2, 0) is 10.0 Å². The highest BCUT2D eigenvalue weighted by Gasteiger charge is 2.23. The summed E-state index contributed by atoms with van der Waals surface area (Å²) >= 11 is 0. The Bertz CT molecular complexity index is 1060. The zero-order valence-corrected chi connectivity index (χ0v) is 18.0. The molecular formula is C21H27N3O4S. The van der Waals surface area contributed by atoms with Crippen LogP contribution in [0.1, 0.15) is 42.1 Å². The summed E-state index contributed by atoms with van der Waals surface area (Å²) in [4.78, 5) is 0.199. The van der Waals surface area contributed by atoms with Crippen molar-refractivity contribution in [3.63, 3.8) is 0 Å². The standard InChI is InChI=1S/C21H27N3O4S/c1-5-10-27-20-9-8-18(12-15(20)2)29(25,26)22-14-19(21-7-6-11-28-21)24-17(4)13-16(3)23-24/h6-9,11-13,19,22H,5,10,14H2,1-4H3. The number of hydrogen-bond donors (Lipinski definition) is 1. The first-order valence-corrected chi connectivity index (χ1v) is 11.1. The van der Waals surface area contributed by atoms with E-state index in [0.717, 1.165) is 23.4 Å². The van der Waals surface area contributed by atoms with Gasteiger partial charge in [-0.1, -0.05) is 6.92 Å². The number of rotatable bonds is 9. The molecule has 3 rings (SSSR count). The summed E-state index contributed by atoms with van der Waals surface area (Å²) in [5.41, 5.74) is 2.57. The van der Waals surface area contributed by atoms with Crippen molar-refractivity contribution in [3.8, 4) is 5.75 Å². The number of nitrogens with zero attached hydrogens (tertiary/aromatic N) is 2. The van der Waals surface area contributed by atoms with E-state index in [0.29, 0.717) is 18.1 Å². The van der Waals surface area contributed by atoms with Crippen LogP contribution < -0.4 is 9.46 Å². The molecule has 156 valence electrons. The van der Waals surface area contributed by atoms with Gasteiger partial charge in [0.1, 0.15) is 17.6 Å². The van der Waals surface area contributed by atoms with Crippen LogP contribution in [0.5, 0.6) is 5.75 Å². The lowest BCUT2D eigenvalue weighted by Crippen LogP contribution is -2.32. The molecule has 2 heterocycles. The van der Waals surface area contributed by atoms with Crippen LogP contribution in [0.15, 0.2) is 52.0 Å². The van der Waals surface area contributed by atoms with Gasteiger partial charge in [-0.05, 0) is 69.2 Å². The fraction of sp³-hybridized carbons (Fsp3) is 0.381. The molecule has 0 amide bonds. The lowest BCUT2D eigenvalue weighted by molar-refractivity contribution is 0.315. The first kappa shape index (κ1) is 21.1. The molecule has 8 heteroatoms. The van der Waals surface area contributed by atoms with Gasteiger partial charge in [-0.25, -0.2) is 13.1 Å². The predicted molar refractivity (Wildman–Crippen MR) is 111 cm³/mol. The van der Waals surface area contributed by atoms with Gasteiger partial charge in [-0.3, -0.25) is 4.68 Å². The van der Waals surface area contributed by atoms with E-state index in [1.807, 2.05) is 39.8 Å². The molecule has 1 N–H and O–H groups in total. The van der Waals surface area contributed by atoms with Gasteiger partial charge < -0.3 is 9.15 Å². The Hall–Kier alpha value is -2.58. The monoisotopic (exact) mass is 417 g/mol. The first-order valence-electron chi connectivity index (χ1n) is 9.61. The molecule has 1 atom stereocenters. The highest BCUT2D eigenvalue weighted by atomic mass is 32.2. The van der Waals surface area contributed by atoms with Gasteiger partial charge in [0.15, 0.2) is 0 Å². The van der Waals surface area contributed by atoms with Crippen molar-refractivity contribution in [2.75, 3.05) is 13.2 Å². The molecule has 1 aromatic carbocycles. The van der Waals surface area contributed by atoms with Crippen LogP contribution in [0.3, 0.4) is 0 Å². The number of sulfonamides is 1. The zero-order valence-electron chi connectivity index (χ0n) is 17.2. The summed E-state index contributed by atoms with van der Waals surface area (Å²) in [7, 11) is -3.71. The van der Waals surface area contributed by atoms with E-state index < -0.39 is 10.0 Å². The van der Waals surface area contributed by atoms with Gasteiger partial charge >= 0.3 is 0 Å². The number of furan rings is 1. The SMILES string of the molecule is CCCOc1ccc(S(=O)(=O)NCC(c2ccco2)n2nc(C)cc2C)cc1C. The van der Waals surface area contributed by atoms with Crippen LogP contribution in [0.25, 0.3) is 0 Å². The summed E-state index contributed by atoms with van der Waals surface area (Å²) in [6.07, 6.45) is 2.46. The van der Waals surface area contributed by atoms with E-state index in [1.165, 1.54) is 0 Å². The highest BCUT2D eigenvalue weighted by Crippen LogP contribution is 2.24. The van der Waals surface area contributed by atoms with E-state index in [2.05, 4.69) is 9.82 Å². The first-order chi connectivity index (χ1) is 13.8. The minimum atomic E-state index is -3.71. The highest BCUT2D eigenvalue weighted by molar-refractivity contribution is 7.89. The Labute approximate surface area is 171 Å². The average molecular weight is 418 g/mol. The van der Waals surface area contributed by atoms with Crippen molar-refractivity contribution < 1.29 is 17.6 Å². The van der Waals surface area contributed by atoms with E-state index >= 15 is 0 Å². The molecule has 0 spiro atoms. The zero-order chi connectivity index (χ0) is 21.0. The molecule has 0 saturated carbocycles. The van der Waals surface area contributed by atoms with Crippen molar-refractivity contribution in [3.05, 3.63) is 65.4 Å². The van der Waals surface area contributed by atoms with Crippen molar-refractivity contribution in [1.82, 2.24) is 14.5 Å². The number of benzene rings is 1. The minimum absolute atomic E-state index is 0.116. The summed E-state index contributed by atoms with van der Waals surface area (Å²) in [5, 5.41) is 4.50. The lowest BCUT2D eigenvalue weighted by atomic mass is 10.2. The van der Waals surface area contributed by atoms with Gasteiger partial charge in [-0.2, -0.15) is 5.10 Å². The third kappa shape index (κ3) is 4.89. The van der Waals surface area contributed by atoms with E-state index in [4.69, 9.17) is 9.15 Å². The topological polar surface area (TPSA) is 86.4 Å². The molecule has 0 bridgehead atoms. The van der Waals surface area contributed by atoms with Crippen LogP contribution >= 0.6 is 0 Å². The second-order valence-electron chi connectivity index (χ2n) is 7.03. The Morgan fingerprint density at radius 1 is 1.21 bits per heavy atom. The van der Waals surface area contributed by atoms with E-state index in [9.17, 15) is 8.42 Å². The third-order valence-corrected chi connectivity index (χ3v) is 6.02. The van der Waals surface area contributed by atoms with E-state index in [-0.39, 0.29) is 17.5 Å². The quantitative estimate of drug-likeness (QED) is 0.573. The molecular weight excluding hydrogens is 390 g/mol. The molecule has 0 aliphatic carbocycles. The van der Waals surface area contributed by atoms with Crippen molar-refractivity contribution in [1.29, 1.82) is 0 Å². The fourth-order valence-corrected chi connectivity index (χ4v) is 4.31. The second kappa shape index (κ2) is 8.84. The van der Waals surface area contributed by atoms with Gasteiger partial charge in [0.25, 0.3) is 0 Å². The van der Waals surface area contributed by atoms with Crippen LogP contribution in [0, 0.1) is 20.8 Å². The normalized spacial score (nSPS) is 12.8. The molecule has 0 fully saturated rings. The third-order valence-electron chi connectivity index (χ3n) is 4.60. The summed E-state index contributed by atoms with van der Waals surface area (Å²) in [5.74, 6) is 1.33. The Morgan fingerprint density at radius 2 is 2.00 bits per heavy atom. The number of nitrogens with one attached hydrogen (secondary N) is 1. The van der Waals surface area contributed by atoms with Gasteiger partial charge in [0.2, 0.25) is 10.0 Å². The second-order valence-corrected chi connectivity index (χ2v) is 8.80. The van der Waals surface area contributed by atoms with Crippen LogP contribution in [-0.4, -0.2) is 31.3 Å². The minimum Gasteiger partial charge on any atom is -0.493 e. The molecule has 1 unspecified atom stereocenters. The number of ether oxygens (including phenoxy) is 1. The largest absolute Gasteiger partial charge is 0.493 e. The molecule has 3 aromatic rings. The van der Waals surface area contributed by atoms with Crippen LogP contribution in [0.2, 0.25) is 0 Å². The Balaban J connectivity index is 1.82. The van der Waals surface area contributed by atoms with Crippen molar-refractivity contribution in [2.45, 2.75) is 45.1 Å². The molecule has 2 aromatic heterocycles. The molecule has 0 aliphatic heterocycles. The van der Waals surface area contributed by atoms with Crippen molar-refractivity contribution in [2.24, 2.45) is 0 Å². The average Bonchev–Trinajstić information content (AvgIpc) is 3.31. The number of aryl methyl sites for hydroxylation is 3. The maximum absolute atomic E-state index is 12.9. The molecule has 0 saturated heterocycles. The molecule has 0 aliphatic rings. The lowest BCUT2D eigenvalue weighted by Gasteiger charge is -2.18. The maximum atomic E-state index is 12.9. The van der Waals surface area contributed by atoms with Gasteiger partial charge in [-0.15, -0.1) is 0 Å². The summed E-state index contributed by atoms with van der Waals surface area (Å²) < 4.78 is 41.4. The number of hydrogen-bond acceptors (Lipinski definition) is 5. The molecule has 7 nitrogen and oxygen atoms in total.